The number of anilines is 2. The van der Waals surface area contributed by atoms with E-state index in [4.69, 9.17) is 9.47 Å². The van der Waals surface area contributed by atoms with E-state index in [0.29, 0.717) is 22.9 Å². The van der Waals surface area contributed by atoms with E-state index in [1.807, 2.05) is 0 Å². The second-order valence-electron chi connectivity index (χ2n) is 5.41. The molecule has 2 rings (SSSR count). The zero-order valence-electron chi connectivity index (χ0n) is 15.1. The van der Waals surface area contributed by atoms with Crippen molar-refractivity contribution >= 4 is 27.3 Å². The highest BCUT2D eigenvalue weighted by Crippen LogP contribution is 2.35. The van der Waals surface area contributed by atoms with Crippen molar-refractivity contribution in [1.29, 1.82) is 0 Å². The molecule has 0 spiro atoms. The highest BCUT2D eigenvalue weighted by molar-refractivity contribution is 7.92. The Balaban J connectivity index is 2.44. The van der Waals surface area contributed by atoms with Crippen LogP contribution in [0.2, 0.25) is 0 Å². The predicted molar refractivity (Wildman–Crippen MR) is 100 cm³/mol. The number of ether oxygens (including phenoxy) is 2. The molecule has 0 atom stereocenters. The Morgan fingerprint density at radius 1 is 1.08 bits per heavy atom. The summed E-state index contributed by atoms with van der Waals surface area (Å²) in [6.07, 6.45) is 0. The fourth-order valence-corrected chi connectivity index (χ4v) is 3.99. The zero-order valence-corrected chi connectivity index (χ0v) is 16.0. The van der Waals surface area contributed by atoms with Gasteiger partial charge in [0.15, 0.2) is 0 Å². The van der Waals surface area contributed by atoms with Crippen LogP contribution in [0.25, 0.3) is 0 Å². The van der Waals surface area contributed by atoms with Crippen LogP contribution in [0.1, 0.15) is 13.8 Å². The number of carbonyl (C=O) groups is 1. The summed E-state index contributed by atoms with van der Waals surface area (Å²) in [5.74, 6) is 0.738. The molecule has 0 aliphatic heterocycles. The molecule has 1 amide bonds. The molecule has 0 aliphatic rings. The van der Waals surface area contributed by atoms with Crippen molar-refractivity contribution in [1.82, 2.24) is 0 Å². The molecule has 2 aromatic carbocycles. The minimum atomic E-state index is -3.80. The molecule has 2 aromatic rings. The fourth-order valence-electron chi connectivity index (χ4n) is 2.50. The number of hydrogen-bond acceptors (Lipinski definition) is 5. The Hall–Kier alpha value is -2.74. The van der Waals surface area contributed by atoms with E-state index in [1.54, 1.807) is 37.3 Å². The van der Waals surface area contributed by atoms with Gasteiger partial charge in [0.25, 0.3) is 10.0 Å². The maximum atomic E-state index is 13.1. The SMILES string of the molecule is CCN(c1ccc(OC)cc1OC)S(=O)(=O)c1ccc(NC(C)=O)cc1. The van der Waals surface area contributed by atoms with Crippen LogP contribution >= 0.6 is 0 Å². The summed E-state index contributed by atoms with van der Waals surface area (Å²) in [7, 11) is -0.801. The molecular weight excluding hydrogens is 356 g/mol. The lowest BCUT2D eigenvalue weighted by Crippen LogP contribution is -2.31. The van der Waals surface area contributed by atoms with E-state index in [-0.39, 0.29) is 17.3 Å². The lowest BCUT2D eigenvalue weighted by Gasteiger charge is -2.25. The average molecular weight is 378 g/mol. The van der Waals surface area contributed by atoms with Gasteiger partial charge < -0.3 is 14.8 Å². The molecule has 26 heavy (non-hydrogen) atoms. The van der Waals surface area contributed by atoms with Crippen molar-refractivity contribution < 1.29 is 22.7 Å². The van der Waals surface area contributed by atoms with Crippen LogP contribution < -0.4 is 19.1 Å². The summed E-state index contributed by atoms with van der Waals surface area (Å²) in [6.45, 7) is 3.35. The summed E-state index contributed by atoms with van der Waals surface area (Å²) < 4.78 is 37.9. The number of nitrogens with one attached hydrogen (secondary N) is 1. The summed E-state index contributed by atoms with van der Waals surface area (Å²) in [6, 6.07) is 11.0. The zero-order chi connectivity index (χ0) is 19.3. The van der Waals surface area contributed by atoms with Crippen molar-refractivity contribution in [2.24, 2.45) is 0 Å². The summed E-state index contributed by atoms with van der Waals surface area (Å²) in [5.41, 5.74) is 0.947. The molecule has 0 saturated carbocycles. The van der Waals surface area contributed by atoms with Gasteiger partial charge in [-0.2, -0.15) is 0 Å². The van der Waals surface area contributed by atoms with E-state index in [1.165, 1.54) is 37.6 Å². The third-order valence-electron chi connectivity index (χ3n) is 3.71. The van der Waals surface area contributed by atoms with Crippen molar-refractivity contribution in [3.05, 3.63) is 42.5 Å². The quantitative estimate of drug-likeness (QED) is 0.801. The molecule has 0 aromatic heterocycles. The molecule has 0 aliphatic carbocycles. The first-order chi connectivity index (χ1) is 12.3. The van der Waals surface area contributed by atoms with Crippen LogP contribution in [-0.4, -0.2) is 35.1 Å². The smallest absolute Gasteiger partial charge is 0.264 e. The number of rotatable bonds is 7. The first-order valence-corrected chi connectivity index (χ1v) is 9.40. The summed E-state index contributed by atoms with van der Waals surface area (Å²) in [4.78, 5) is 11.2. The Labute approximate surface area is 153 Å². The van der Waals surface area contributed by atoms with Crippen LogP contribution in [0.15, 0.2) is 47.4 Å². The molecule has 0 unspecified atom stereocenters. The Bertz CT molecular complexity index is 879. The summed E-state index contributed by atoms with van der Waals surface area (Å²) >= 11 is 0. The second-order valence-corrected chi connectivity index (χ2v) is 7.28. The molecule has 1 N–H and O–H groups in total. The Morgan fingerprint density at radius 2 is 1.73 bits per heavy atom. The predicted octanol–water partition coefficient (Wildman–Crippen LogP) is 2.88. The number of benzene rings is 2. The maximum absolute atomic E-state index is 13.1. The van der Waals surface area contributed by atoms with E-state index >= 15 is 0 Å². The number of sulfonamides is 1. The number of amides is 1. The molecule has 140 valence electrons. The van der Waals surface area contributed by atoms with E-state index in [9.17, 15) is 13.2 Å². The number of hydrogen-bond donors (Lipinski definition) is 1. The molecule has 0 radical (unpaired) electrons. The molecular formula is C18H22N2O5S. The Morgan fingerprint density at radius 3 is 2.23 bits per heavy atom. The molecule has 0 heterocycles. The molecule has 7 nitrogen and oxygen atoms in total. The minimum absolute atomic E-state index is 0.117. The van der Waals surface area contributed by atoms with Crippen molar-refractivity contribution in [3.63, 3.8) is 0 Å². The van der Waals surface area contributed by atoms with Crippen LogP contribution in [0.5, 0.6) is 11.5 Å². The van der Waals surface area contributed by atoms with Crippen LogP contribution in [0.3, 0.4) is 0 Å². The van der Waals surface area contributed by atoms with Gasteiger partial charge in [-0.25, -0.2) is 8.42 Å². The van der Waals surface area contributed by atoms with Crippen molar-refractivity contribution in [2.75, 3.05) is 30.4 Å². The van der Waals surface area contributed by atoms with Crippen LogP contribution in [0, 0.1) is 0 Å². The van der Waals surface area contributed by atoms with E-state index in [2.05, 4.69) is 5.32 Å². The molecule has 8 heteroatoms. The summed E-state index contributed by atoms with van der Waals surface area (Å²) in [5, 5.41) is 2.61. The highest BCUT2D eigenvalue weighted by Gasteiger charge is 2.26. The average Bonchev–Trinajstić information content (AvgIpc) is 2.62. The number of nitrogens with zero attached hydrogens (tertiary/aromatic N) is 1. The van der Waals surface area contributed by atoms with Gasteiger partial charge in [0, 0.05) is 25.2 Å². The van der Waals surface area contributed by atoms with Crippen LogP contribution in [0.4, 0.5) is 11.4 Å². The topological polar surface area (TPSA) is 84.9 Å². The van der Waals surface area contributed by atoms with Gasteiger partial charge in [0.2, 0.25) is 5.91 Å². The van der Waals surface area contributed by atoms with E-state index in [0.717, 1.165) is 0 Å². The van der Waals surface area contributed by atoms with Gasteiger partial charge in [0.05, 0.1) is 24.8 Å². The van der Waals surface area contributed by atoms with Gasteiger partial charge in [-0.05, 0) is 43.3 Å². The van der Waals surface area contributed by atoms with Gasteiger partial charge in [-0.1, -0.05) is 0 Å². The van der Waals surface area contributed by atoms with E-state index < -0.39 is 10.0 Å². The molecule has 0 saturated heterocycles. The number of carbonyl (C=O) groups excluding carboxylic acids is 1. The third kappa shape index (κ3) is 4.08. The van der Waals surface area contributed by atoms with Crippen LogP contribution in [-0.2, 0) is 14.8 Å². The third-order valence-corrected chi connectivity index (χ3v) is 5.61. The van der Waals surface area contributed by atoms with Gasteiger partial charge in [0.1, 0.15) is 11.5 Å². The molecule has 0 fully saturated rings. The largest absolute Gasteiger partial charge is 0.497 e. The first-order valence-electron chi connectivity index (χ1n) is 7.96. The standard InChI is InChI=1S/C18H22N2O5S/c1-5-20(17-11-8-15(24-3)12-18(17)25-4)26(22,23)16-9-6-14(7-10-16)19-13(2)21/h6-12H,5H2,1-4H3,(H,19,21). The number of methoxy groups -OCH3 is 2. The second kappa shape index (κ2) is 8.09. The monoisotopic (exact) mass is 378 g/mol. The fraction of sp³-hybridized carbons (Fsp3) is 0.278. The first kappa shape index (κ1) is 19.6. The lowest BCUT2D eigenvalue weighted by atomic mass is 10.2. The Kier molecular flexibility index (Phi) is 6.10. The lowest BCUT2D eigenvalue weighted by molar-refractivity contribution is -0.114. The van der Waals surface area contributed by atoms with Crippen molar-refractivity contribution in [3.8, 4) is 11.5 Å². The minimum Gasteiger partial charge on any atom is -0.497 e. The van der Waals surface area contributed by atoms with Crippen molar-refractivity contribution in [2.45, 2.75) is 18.7 Å². The highest BCUT2D eigenvalue weighted by atomic mass is 32.2. The van der Waals surface area contributed by atoms with Gasteiger partial charge >= 0.3 is 0 Å². The normalized spacial score (nSPS) is 10.9. The van der Waals surface area contributed by atoms with Gasteiger partial charge in [-0.3, -0.25) is 9.10 Å². The van der Waals surface area contributed by atoms with Gasteiger partial charge in [-0.15, -0.1) is 0 Å². The molecule has 0 bridgehead atoms. The maximum Gasteiger partial charge on any atom is 0.264 e.